The predicted octanol–water partition coefficient (Wildman–Crippen LogP) is 8.80. The third-order valence-corrected chi connectivity index (χ3v) is 7.32. The minimum atomic E-state index is -0.171. The van der Waals surface area contributed by atoms with Gasteiger partial charge in [-0.05, 0) is 96.3 Å². The second-order valence-corrected chi connectivity index (χ2v) is 9.89. The first-order chi connectivity index (χ1) is 18.6. The van der Waals surface area contributed by atoms with Gasteiger partial charge in [-0.15, -0.1) is 0 Å². The van der Waals surface area contributed by atoms with Crippen LogP contribution >= 0.6 is 0 Å². The number of allylic oxidation sites excluding steroid dienone is 1. The Bertz CT molecular complexity index is 1470. The molecule has 0 radical (unpaired) electrons. The van der Waals surface area contributed by atoms with E-state index in [9.17, 15) is 9.59 Å². The van der Waals surface area contributed by atoms with E-state index in [1.807, 2.05) is 54.6 Å². The van der Waals surface area contributed by atoms with Gasteiger partial charge in [0.15, 0.2) is 5.78 Å². The summed E-state index contributed by atoms with van der Waals surface area (Å²) < 4.78 is 0. The zero-order valence-corrected chi connectivity index (χ0v) is 21.9. The van der Waals surface area contributed by atoms with Crippen molar-refractivity contribution in [2.75, 3.05) is 5.32 Å². The summed E-state index contributed by atoms with van der Waals surface area (Å²) >= 11 is 0. The van der Waals surface area contributed by atoms with Gasteiger partial charge in [-0.25, -0.2) is 0 Å². The Morgan fingerprint density at radius 3 is 2.26 bits per heavy atom. The first-order valence-corrected chi connectivity index (χ1v) is 13.6. The molecule has 3 heteroatoms. The fourth-order valence-corrected chi connectivity index (χ4v) is 5.09. The van der Waals surface area contributed by atoms with Gasteiger partial charge in [-0.1, -0.05) is 80.1 Å². The van der Waals surface area contributed by atoms with Gasteiger partial charge < -0.3 is 5.32 Å². The zero-order chi connectivity index (χ0) is 26.3. The Hall–Kier alpha value is -4.24. The fourth-order valence-electron chi connectivity index (χ4n) is 5.09. The second kappa shape index (κ2) is 11.9. The first kappa shape index (κ1) is 25.4. The molecule has 1 aliphatic rings. The molecule has 1 aliphatic carbocycles. The molecule has 0 aromatic heterocycles. The van der Waals surface area contributed by atoms with Crippen molar-refractivity contribution in [1.82, 2.24) is 0 Å². The lowest BCUT2D eigenvalue weighted by Gasteiger charge is -2.12. The number of benzene rings is 4. The average Bonchev–Trinajstić information content (AvgIpc) is 3.07. The fraction of sp³-hybridized carbons (Fsp3) is 0.200. The van der Waals surface area contributed by atoms with Crippen LogP contribution in [0, 0.1) is 0 Å². The average molecular weight is 502 g/mol. The monoisotopic (exact) mass is 501 g/mol. The Labute approximate surface area is 226 Å². The van der Waals surface area contributed by atoms with Gasteiger partial charge in [-0.2, -0.15) is 0 Å². The highest BCUT2D eigenvalue weighted by atomic mass is 16.1. The van der Waals surface area contributed by atoms with Gasteiger partial charge >= 0.3 is 0 Å². The SMILES string of the molecule is CCc1ccc(-c2ccccc2C(=O)Nc2ccc(C(=O)/C3=C\c4ccccc4CCCCC3)cc2)cc1.[HH]. The highest BCUT2D eigenvalue weighted by Gasteiger charge is 2.16. The van der Waals surface area contributed by atoms with Crippen molar-refractivity contribution >= 4 is 23.5 Å². The van der Waals surface area contributed by atoms with Crippen LogP contribution in [0.1, 0.15) is 71.4 Å². The Kier molecular flexibility index (Phi) is 7.94. The van der Waals surface area contributed by atoms with Crippen molar-refractivity contribution in [3.05, 3.63) is 130 Å². The molecule has 0 aliphatic heterocycles. The molecule has 192 valence electrons. The van der Waals surface area contributed by atoms with E-state index in [1.165, 1.54) is 11.1 Å². The molecule has 1 N–H and O–H groups in total. The van der Waals surface area contributed by atoms with E-state index in [0.29, 0.717) is 16.8 Å². The molecule has 0 bridgehead atoms. The normalized spacial score (nSPS) is 14.7. The molecule has 5 rings (SSSR count). The summed E-state index contributed by atoms with van der Waals surface area (Å²) in [6.07, 6.45) is 8.16. The molecule has 3 nitrogen and oxygen atoms in total. The van der Waals surface area contributed by atoms with Crippen LogP contribution in [0.5, 0.6) is 0 Å². The number of nitrogens with one attached hydrogen (secondary N) is 1. The van der Waals surface area contributed by atoms with Gasteiger partial charge in [0.05, 0.1) is 0 Å². The molecule has 4 aromatic carbocycles. The minimum absolute atomic E-state index is 0. The molecule has 0 spiro atoms. The summed E-state index contributed by atoms with van der Waals surface area (Å²) in [6.45, 7) is 2.13. The number of carbonyl (C=O) groups is 2. The Morgan fingerprint density at radius 2 is 1.47 bits per heavy atom. The lowest BCUT2D eigenvalue weighted by molar-refractivity contribution is 0.102. The number of ketones is 1. The first-order valence-electron chi connectivity index (χ1n) is 13.6. The summed E-state index contributed by atoms with van der Waals surface area (Å²) in [5.74, 6) is -0.115. The van der Waals surface area contributed by atoms with Gasteiger partial charge in [0.1, 0.15) is 0 Å². The predicted molar refractivity (Wildman–Crippen MR) is 159 cm³/mol. The Balaban J connectivity index is 0.00000353. The van der Waals surface area contributed by atoms with E-state index < -0.39 is 0 Å². The van der Waals surface area contributed by atoms with Crippen LogP contribution < -0.4 is 5.32 Å². The maximum Gasteiger partial charge on any atom is 0.256 e. The summed E-state index contributed by atoms with van der Waals surface area (Å²) in [7, 11) is 0. The number of hydrogen-bond donors (Lipinski definition) is 1. The van der Waals surface area contributed by atoms with E-state index in [4.69, 9.17) is 0 Å². The number of carbonyl (C=O) groups excluding carboxylic acids is 2. The second-order valence-electron chi connectivity index (χ2n) is 9.89. The van der Waals surface area contributed by atoms with Crippen LogP contribution in [0.3, 0.4) is 0 Å². The number of hydrogen-bond acceptors (Lipinski definition) is 2. The number of amides is 1. The number of Topliss-reactive ketones (excluding diaryl/α,β-unsaturated/α-hetero) is 1. The van der Waals surface area contributed by atoms with Crippen molar-refractivity contribution in [3.8, 4) is 11.1 Å². The third-order valence-electron chi connectivity index (χ3n) is 7.32. The minimum Gasteiger partial charge on any atom is -0.322 e. The number of anilines is 1. The van der Waals surface area contributed by atoms with Crippen molar-refractivity contribution in [2.45, 2.75) is 45.4 Å². The largest absolute Gasteiger partial charge is 0.322 e. The highest BCUT2D eigenvalue weighted by molar-refractivity contribution is 6.12. The molecule has 0 saturated heterocycles. The van der Waals surface area contributed by atoms with E-state index in [0.717, 1.165) is 60.8 Å². The summed E-state index contributed by atoms with van der Waals surface area (Å²) in [5.41, 5.74) is 8.39. The standard InChI is InChI=1S/C35H33NO2.H2/c1-2-25-16-18-27(19-17-25)32-14-8-9-15-33(32)35(38)36-31-22-20-28(21-23-31)34(37)30-13-5-3-4-10-26-11-6-7-12-29(26)24-30;/h6-9,11-12,14-24H,2-5,10,13H2,1H3,(H,36,38);1H/b30-24-;. The number of aryl methyl sites for hydroxylation is 2. The molecule has 4 aromatic rings. The quantitative estimate of drug-likeness (QED) is 0.268. The summed E-state index contributed by atoms with van der Waals surface area (Å²) in [5, 5.41) is 3.01. The van der Waals surface area contributed by atoms with E-state index in [1.54, 1.807) is 0 Å². The third kappa shape index (κ3) is 5.84. The van der Waals surface area contributed by atoms with Crippen LogP contribution in [-0.2, 0) is 12.8 Å². The summed E-state index contributed by atoms with van der Waals surface area (Å²) in [4.78, 5) is 26.7. The van der Waals surface area contributed by atoms with E-state index in [2.05, 4.69) is 60.8 Å². The van der Waals surface area contributed by atoms with E-state index >= 15 is 0 Å². The smallest absolute Gasteiger partial charge is 0.256 e. The molecule has 0 saturated carbocycles. The van der Waals surface area contributed by atoms with Crippen molar-refractivity contribution in [1.29, 1.82) is 0 Å². The molecule has 0 heterocycles. The molecular formula is C35H35NO2. The number of fused-ring (bicyclic) bond motifs is 1. The Morgan fingerprint density at radius 1 is 0.763 bits per heavy atom. The molecule has 1 amide bonds. The lowest BCUT2D eigenvalue weighted by atomic mass is 9.96. The topological polar surface area (TPSA) is 46.2 Å². The van der Waals surface area contributed by atoms with Crippen LogP contribution in [0.2, 0.25) is 0 Å². The molecular weight excluding hydrogens is 466 g/mol. The summed E-state index contributed by atoms with van der Waals surface area (Å²) in [6, 6.07) is 31.6. The van der Waals surface area contributed by atoms with Crippen molar-refractivity contribution in [2.24, 2.45) is 0 Å². The van der Waals surface area contributed by atoms with Crippen LogP contribution in [-0.4, -0.2) is 11.7 Å². The lowest BCUT2D eigenvalue weighted by Crippen LogP contribution is -2.13. The van der Waals surface area contributed by atoms with Gasteiger partial charge in [0.25, 0.3) is 5.91 Å². The van der Waals surface area contributed by atoms with Gasteiger partial charge in [0.2, 0.25) is 0 Å². The van der Waals surface area contributed by atoms with Crippen molar-refractivity contribution < 1.29 is 11.0 Å². The molecule has 0 atom stereocenters. The molecule has 0 unspecified atom stereocenters. The maximum atomic E-state index is 13.4. The zero-order valence-electron chi connectivity index (χ0n) is 21.9. The maximum absolute atomic E-state index is 13.4. The van der Waals surface area contributed by atoms with Crippen LogP contribution in [0.25, 0.3) is 17.2 Å². The van der Waals surface area contributed by atoms with Gasteiger partial charge in [-0.3, -0.25) is 9.59 Å². The highest BCUT2D eigenvalue weighted by Crippen LogP contribution is 2.27. The van der Waals surface area contributed by atoms with E-state index in [-0.39, 0.29) is 13.1 Å². The van der Waals surface area contributed by atoms with Gasteiger partial charge in [0, 0.05) is 23.8 Å². The van der Waals surface area contributed by atoms with Crippen LogP contribution in [0.4, 0.5) is 5.69 Å². The number of rotatable bonds is 6. The van der Waals surface area contributed by atoms with Crippen LogP contribution in [0.15, 0.2) is 103 Å². The van der Waals surface area contributed by atoms with Crippen molar-refractivity contribution in [3.63, 3.8) is 0 Å². The molecule has 38 heavy (non-hydrogen) atoms. The molecule has 0 fully saturated rings.